The van der Waals surface area contributed by atoms with Crippen LogP contribution in [0.1, 0.15) is 49.7 Å². The summed E-state index contributed by atoms with van der Waals surface area (Å²) in [7, 11) is 0. The fourth-order valence-corrected chi connectivity index (χ4v) is 6.09. The van der Waals surface area contributed by atoms with E-state index in [1.54, 1.807) is 0 Å². The van der Waals surface area contributed by atoms with Crippen LogP contribution in [0.15, 0.2) is 46.7 Å². The van der Waals surface area contributed by atoms with Crippen LogP contribution in [0.5, 0.6) is 0 Å². The van der Waals surface area contributed by atoms with Crippen molar-refractivity contribution < 1.29 is 4.79 Å². The standard InChI is InChI=1S/C25H31N5O/c31-23-9-6-20-14-27-24(21-7-8-22(28-23)30(20)21)19-4-2-18(3-5-19)15-29-13-11-25(17-29)10-1-12-26-16-25/h2-6,14,22,26H,1,7-13,15-17H2,(H,28,31). The van der Waals surface area contributed by atoms with Gasteiger partial charge in [-0.05, 0) is 62.2 Å². The topological polar surface area (TPSA) is 60.0 Å². The van der Waals surface area contributed by atoms with Crippen molar-refractivity contribution >= 4 is 17.8 Å². The van der Waals surface area contributed by atoms with Gasteiger partial charge in [0.2, 0.25) is 5.91 Å². The summed E-state index contributed by atoms with van der Waals surface area (Å²) in [6.45, 7) is 5.83. The Morgan fingerprint density at radius 1 is 1.19 bits per heavy atom. The van der Waals surface area contributed by atoms with E-state index in [1.807, 2.05) is 12.3 Å². The highest BCUT2D eigenvalue weighted by molar-refractivity contribution is 5.91. The summed E-state index contributed by atoms with van der Waals surface area (Å²) in [6, 6.07) is 8.98. The number of aliphatic imine (C=N–C) groups is 1. The molecule has 0 aliphatic carbocycles. The molecule has 31 heavy (non-hydrogen) atoms. The molecular weight excluding hydrogens is 386 g/mol. The molecule has 6 rings (SSSR count). The third-order valence-electron chi connectivity index (χ3n) is 7.67. The number of piperidine rings is 1. The van der Waals surface area contributed by atoms with Gasteiger partial charge in [-0.1, -0.05) is 24.3 Å². The lowest BCUT2D eigenvalue weighted by Crippen LogP contribution is -2.42. The van der Waals surface area contributed by atoms with Crippen LogP contribution in [0.2, 0.25) is 0 Å². The van der Waals surface area contributed by atoms with Gasteiger partial charge in [0.05, 0.1) is 17.6 Å². The number of carbonyl (C=O) groups excluding carboxylic acids is 1. The largest absolute Gasteiger partial charge is 0.335 e. The fraction of sp³-hybridized carbons (Fsp3) is 0.520. The summed E-state index contributed by atoms with van der Waals surface area (Å²) in [5.74, 6) is 0.0974. The smallest absolute Gasteiger partial charge is 0.225 e. The van der Waals surface area contributed by atoms with Crippen molar-refractivity contribution in [1.29, 1.82) is 0 Å². The minimum absolute atomic E-state index is 0.0639. The van der Waals surface area contributed by atoms with Gasteiger partial charge in [0.15, 0.2) is 0 Å². The first kappa shape index (κ1) is 19.3. The highest BCUT2D eigenvalue weighted by Gasteiger charge is 2.39. The van der Waals surface area contributed by atoms with Gasteiger partial charge in [-0.2, -0.15) is 0 Å². The van der Waals surface area contributed by atoms with Crippen molar-refractivity contribution in [3.05, 3.63) is 52.9 Å². The molecule has 2 unspecified atom stereocenters. The highest BCUT2D eigenvalue weighted by Crippen LogP contribution is 2.40. The molecular formula is C25H31N5O. The summed E-state index contributed by atoms with van der Waals surface area (Å²) < 4.78 is 0. The van der Waals surface area contributed by atoms with E-state index < -0.39 is 0 Å². The van der Waals surface area contributed by atoms with Crippen LogP contribution < -0.4 is 10.6 Å². The summed E-state index contributed by atoms with van der Waals surface area (Å²) in [4.78, 5) is 21.7. The molecule has 0 aromatic heterocycles. The maximum Gasteiger partial charge on any atom is 0.225 e. The van der Waals surface area contributed by atoms with E-state index >= 15 is 0 Å². The van der Waals surface area contributed by atoms with E-state index in [1.165, 1.54) is 62.3 Å². The molecule has 2 atom stereocenters. The minimum atomic E-state index is 0.0639. The van der Waals surface area contributed by atoms with Crippen LogP contribution in [0, 0.1) is 5.41 Å². The molecule has 6 heteroatoms. The number of benzene rings is 1. The van der Waals surface area contributed by atoms with E-state index in [2.05, 4.69) is 44.7 Å². The fourth-order valence-electron chi connectivity index (χ4n) is 6.09. The zero-order chi connectivity index (χ0) is 20.8. The second kappa shape index (κ2) is 7.61. The van der Waals surface area contributed by atoms with Gasteiger partial charge in [-0.15, -0.1) is 0 Å². The lowest BCUT2D eigenvalue weighted by molar-refractivity contribution is -0.121. The molecule has 0 radical (unpaired) electrons. The second-order valence-electron chi connectivity index (χ2n) is 9.82. The molecule has 1 aromatic carbocycles. The molecule has 0 bridgehead atoms. The zero-order valence-corrected chi connectivity index (χ0v) is 18.1. The zero-order valence-electron chi connectivity index (χ0n) is 18.1. The number of nitrogens with zero attached hydrogens (tertiary/aromatic N) is 3. The van der Waals surface area contributed by atoms with Crippen molar-refractivity contribution in [3.63, 3.8) is 0 Å². The first-order chi connectivity index (χ1) is 15.2. The molecule has 5 aliphatic rings. The number of amides is 1. The monoisotopic (exact) mass is 417 g/mol. The Morgan fingerprint density at radius 2 is 2.10 bits per heavy atom. The Bertz CT molecular complexity index is 970. The number of hydrogen-bond donors (Lipinski definition) is 2. The first-order valence-electron chi connectivity index (χ1n) is 11.8. The van der Waals surface area contributed by atoms with Gasteiger partial charge >= 0.3 is 0 Å². The first-order valence-corrected chi connectivity index (χ1v) is 11.8. The third-order valence-corrected chi connectivity index (χ3v) is 7.67. The van der Waals surface area contributed by atoms with Crippen molar-refractivity contribution in [2.45, 2.75) is 51.2 Å². The maximum absolute atomic E-state index is 12.0. The van der Waals surface area contributed by atoms with E-state index in [9.17, 15) is 4.79 Å². The highest BCUT2D eigenvalue weighted by atomic mass is 16.1. The van der Waals surface area contributed by atoms with Gasteiger partial charge in [0, 0.05) is 37.3 Å². The summed E-state index contributed by atoms with van der Waals surface area (Å²) in [5.41, 5.74) is 6.39. The Kier molecular flexibility index (Phi) is 4.73. The van der Waals surface area contributed by atoms with E-state index in [-0.39, 0.29) is 12.1 Å². The molecule has 162 valence electrons. The lowest BCUT2D eigenvalue weighted by Gasteiger charge is -2.34. The average Bonchev–Trinajstić information content (AvgIpc) is 3.33. The Hall–Kier alpha value is -2.44. The number of carbonyl (C=O) groups is 1. The van der Waals surface area contributed by atoms with Crippen LogP contribution in [-0.4, -0.2) is 54.3 Å². The van der Waals surface area contributed by atoms with Crippen LogP contribution in [0.4, 0.5) is 0 Å². The van der Waals surface area contributed by atoms with E-state index in [4.69, 9.17) is 4.99 Å². The lowest BCUT2D eigenvalue weighted by atomic mass is 9.80. The number of allylic oxidation sites excluding steroid dienone is 2. The molecule has 2 N–H and O–H groups in total. The van der Waals surface area contributed by atoms with Gasteiger partial charge < -0.3 is 15.5 Å². The van der Waals surface area contributed by atoms with Gasteiger partial charge in [-0.25, -0.2) is 0 Å². The van der Waals surface area contributed by atoms with Crippen molar-refractivity contribution in [2.24, 2.45) is 10.4 Å². The van der Waals surface area contributed by atoms with Crippen LogP contribution >= 0.6 is 0 Å². The van der Waals surface area contributed by atoms with Crippen molar-refractivity contribution in [2.75, 3.05) is 26.2 Å². The van der Waals surface area contributed by atoms with Crippen molar-refractivity contribution in [1.82, 2.24) is 20.4 Å². The minimum Gasteiger partial charge on any atom is -0.335 e. The number of nitrogens with one attached hydrogen (secondary N) is 2. The summed E-state index contributed by atoms with van der Waals surface area (Å²) >= 11 is 0. The van der Waals surface area contributed by atoms with Gasteiger partial charge in [0.25, 0.3) is 0 Å². The predicted octanol–water partition coefficient (Wildman–Crippen LogP) is 2.84. The molecule has 5 heterocycles. The van der Waals surface area contributed by atoms with Gasteiger partial charge in [-0.3, -0.25) is 14.7 Å². The average molecular weight is 418 g/mol. The molecule has 0 saturated carbocycles. The molecule has 3 saturated heterocycles. The summed E-state index contributed by atoms with van der Waals surface area (Å²) in [5, 5.41) is 6.75. The number of rotatable bonds is 3. The number of hydrogen-bond acceptors (Lipinski definition) is 5. The molecule has 1 spiro atoms. The third kappa shape index (κ3) is 3.52. The molecule has 1 aromatic rings. The van der Waals surface area contributed by atoms with Crippen LogP contribution in [0.3, 0.4) is 0 Å². The van der Waals surface area contributed by atoms with Gasteiger partial charge in [0.1, 0.15) is 6.17 Å². The molecule has 6 nitrogen and oxygen atoms in total. The van der Waals surface area contributed by atoms with Crippen molar-refractivity contribution in [3.8, 4) is 0 Å². The molecule has 5 aliphatic heterocycles. The maximum atomic E-state index is 12.0. The van der Waals surface area contributed by atoms with Crippen LogP contribution in [0.25, 0.3) is 5.70 Å². The van der Waals surface area contributed by atoms with E-state index in [0.29, 0.717) is 11.8 Å². The Labute approximate surface area is 184 Å². The SMILES string of the molecule is O=C1CC=C2C=NC(c3ccc(CN4CCC5(CCCNC5)C4)cc3)=C3CCC(N1)N23. The summed E-state index contributed by atoms with van der Waals surface area (Å²) in [6.07, 6.45) is 10.3. The normalized spacial score (nSPS) is 30.5. The Morgan fingerprint density at radius 3 is 2.94 bits per heavy atom. The predicted molar refractivity (Wildman–Crippen MR) is 122 cm³/mol. The Balaban J connectivity index is 1.18. The van der Waals surface area contributed by atoms with Crippen LogP contribution in [-0.2, 0) is 11.3 Å². The molecule has 1 amide bonds. The molecule has 3 fully saturated rings. The number of likely N-dealkylation sites (tertiary alicyclic amines) is 1. The van der Waals surface area contributed by atoms with E-state index in [0.717, 1.165) is 30.8 Å². The second-order valence-corrected chi connectivity index (χ2v) is 9.82. The quantitative estimate of drug-likeness (QED) is 0.794.